The highest BCUT2D eigenvalue weighted by atomic mass is 32.2. The van der Waals surface area contributed by atoms with E-state index in [0.717, 1.165) is 39.5 Å². The van der Waals surface area contributed by atoms with Gasteiger partial charge < -0.3 is 0 Å². The lowest BCUT2D eigenvalue weighted by Gasteiger charge is -2.06. The Kier molecular flexibility index (Phi) is 3.59. The number of imide groups is 1. The lowest BCUT2D eigenvalue weighted by atomic mass is 10.0. The molecule has 1 aromatic heterocycles. The summed E-state index contributed by atoms with van der Waals surface area (Å²) in [7, 11) is 0. The van der Waals surface area contributed by atoms with E-state index in [1.54, 1.807) is 12.4 Å². The van der Waals surface area contributed by atoms with E-state index < -0.39 is 0 Å². The summed E-state index contributed by atoms with van der Waals surface area (Å²) in [4.78, 5) is 32.1. The van der Waals surface area contributed by atoms with Crippen molar-refractivity contribution in [1.82, 2.24) is 15.3 Å². The van der Waals surface area contributed by atoms with Gasteiger partial charge in [0.05, 0.1) is 16.1 Å². The third kappa shape index (κ3) is 2.68. The van der Waals surface area contributed by atoms with Crippen LogP contribution in [0, 0.1) is 0 Å². The second-order valence-electron chi connectivity index (χ2n) is 5.22. The molecule has 1 N–H and O–H groups in total. The average Bonchev–Trinajstić information content (AvgIpc) is 2.92. The third-order valence-corrected chi connectivity index (χ3v) is 4.46. The molecule has 1 fully saturated rings. The zero-order valence-electron chi connectivity index (χ0n) is 12.4. The zero-order valence-corrected chi connectivity index (χ0v) is 13.2. The first-order valence-electron chi connectivity index (χ1n) is 7.26. The van der Waals surface area contributed by atoms with Gasteiger partial charge in [-0.25, -0.2) is 9.97 Å². The predicted octanol–water partition coefficient (Wildman–Crippen LogP) is 3.62. The van der Waals surface area contributed by atoms with Crippen LogP contribution < -0.4 is 5.32 Å². The summed E-state index contributed by atoms with van der Waals surface area (Å²) in [5.41, 5.74) is 3.48. The fraction of sp³-hybridized carbons (Fsp3) is 0. The van der Waals surface area contributed by atoms with Crippen LogP contribution in [0.5, 0.6) is 0 Å². The Morgan fingerprint density at radius 2 is 1.83 bits per heavy atom. The monoisotopic (exact) mass is 333 g/mol. The average molecular weight is 333 g/mol. The van der Waals surface area contributed by atoms with Crippen molar-refractivity contribution < 1.29 is 9.59 Å². The number of nitrogens with zero attached hydrogens (tertiary/aromatic N) is 2. The minimum atomic E-state index is -0.363. The van der Waals surface area contributed by atoms with Crippen LogP contribution in [0.2, 0.25) is 0 Å². The molecule has 5 nitrogen and oxygen atoms in total. The smallest absolute Gasteiger partial charge is 0.282 e. The summed E-state index contributed by atoms with van der Waals surface area (Å²) in [5, 5.41) is 2.80. The molecule has 0 spiro atoms. The Labute approximate surface area is 141 Å². The van der Waals surface area contributed by atoms with Gasteiger partial charge in [0.25, 0.3) is 11.1 Å². The number of carbonyl (C=O) groups excluding carboxylic acids is 2. The Morgan fingerprint density at radius 1 is 1.00 bits per heavy atom. The van der Waals surface area contributed by atoms with Gasteiger partial charge in [-0.05, 0) is 35.5 Å². The molecule has 2 heterocycles. The number of aromatic nitrogens is 2. The molecule has 24 heavy (non-hydrogen) atoms. The Balaban J connectivity index is 1.85. The van der Waals surface area contributed by atoms with Crippen molar-refractivity contribution in [3.05, 3.63) is 65.3 Å². The van der Waals surface area contributed by atoms with E-state index in [0.29, 0.717) is 4.91 Å². The van der Waals surface area contributed by atoms with Crippen LogP contribution in [-0.4, -0.2) is 21.1 Å². The van der Waals surface area contributed by atoms with Gasteiger partial charge in [-0.2, -0.15) is 0 Å². The molecule has 1 saturated heterocycles. The normalized spacial score (nSPS) is 15.9. The number of benzene rings is 2. The van der Waals surface area contributed by atoms with Crippen molar-refractivity contribution in [3.63, 3.8) is 0 Å². The minimum Gasteiger partial charge on any atom is -0.282 e. The number of hydrogen-bond donors (Lipinski definition) is 1. The van der Waals surface area contributed by atoms with Crippen molar-refractivity contribution >= 4 is 39.9 Å². The minimum absolute atomic E-state index is 0.347. The second-order valence-corrected chi connectivity index (χ2v) is 6.23. The fourth-order valence-corrected chi connectivity index (χ4v) is 3.24. The highest BCUT2D eigenvalue weighted by Crippen LogP contribution is 2.29. The maximum atomic E-state index is 11.7. The molecule has 0 bridgehead atoms. The van der Waals surface area contributed by atoms with Crippen molar-refractivity contribution in [3.8, 4) is 11.3 Å². The molecule has 116 valence electrons. The van der Waals surface area contributed by atoms with E-state index >= 15 is 0 Å². The van der Waals surface area contributed by atoms with E-state index in [9.17, 15) is 9.59 Å². The van der Waals surface area contributed by atoms with Gasteiger partial charge in [0.15, 0.2) is 0 Å². The summed E-state index contributed by atoms with van der Waals surface area (Å²) in [5.74, 6) is -0.363. The molecule has 0 aliphatic carbocycles. The van der Waals surface area contributed by atoms with Gasteiger partial charge in [-0.3, -0.25) is 14.9 Å². The molecule has 0 unspecified atom stereocenters. The van der Waals surface area contributed by atoms with Crippen LogP contribution in [-0.2, 0) is 4.79 Å². The fourth-order valence-electron chi connectivity index (χ4n) is 2.56. The molecule has 1 aliphatic heterocycles. The van der Waals surface area contributed by atoms with E-state index in [2.05, 4.69) is 15.3 Å². The van der Waals surface area contributed by atoms with Gasteiger partial charge in [-0.15, -0.1) is 0 Å². The molecule has 6 heteroatoms. The largest absolute Gasteiger partial charge is 0.290 e. The Hall–Kier alpha value is -2.99. The first-order chi connectivity index (χ1) is 11.7. The van der Waals surface area contributed by atoms with Crippen molar-refractivity contribution in [1.29, 1.82) is 0 Å². The highest BCUT2D eigenvalue weighted by molar-refractivity contribution is 8.18. The molecule has 0 radical (unpaired) electrons. The van der Waals surface area contributed by atoms with Gasteiger partial charge in [0.2, 0.25) is 0 Å². The lowest BCUT2D eigenvalue weighted by molar-refractivity contribution is -0.115. The zero-order chi connectivity index (χ0) is 16.5. The van der Waals surface area contributed by atoms with Crippen LogP contribution in [0.4, 0.5) is 4.79 Å². The summed E-state index contributed by atoms with van der Waals surface area (Å²) in [6.45, 7) is 0. The van der Waals surface area contributed by atoms with Gasteiger partial charge in [0.1, 0.15) is 6.33 Å². The quantitative estimate of drug-likeness (QED) is 0.725. The van der Waals surface area contributed by atoms with E-state index in [1.165, 1.54) is 0 Å². The van der Waals surface area contributed by atoms with Gasteiger partial charge in [-0.1, -0.05) is 36.4 Å². The summed E-state index contributed by atoms with van der Waals surface area (Å²) in [6, 6.07) is 15.5. The first-order valence-corrected chi connectivity index (χ1v) is 8.07. The lowest BCUT2D eigenvalue weighted by Crippen LogP contribution is -2.17. The number of amides is 2. The summed E-state index contributed by atoms with van der Waals surface area (Å²) >= 11 is 0.905. The molecule has 3 aromatic rings. The van der Waals surface area contributed by atoms with Gasteiger partial charge >= 0.3 is 0 Å². The maximum absolute atomic E-state index is 11.7. The Morgan fingerprint density at radius 3 is 2.58 bits per heavy atom. The molecular weight excluding hydrogens is 322 g/mol. The van der Waals surface area contributed by atoms with E-state index in [4.69, 9.17) is 0 Å². The molecular formula is C18H11N3O2S. The highest BCUT2D eigenvalue weighted by Gasteiger charge is 2.24. The second kappa shape index (κ2) is 5.90. The van der Waals surface area contributed by atoms with Crippen LogP contribution in [0.25, 0.3) is 28.2 Å². The Bertz CT molecular complexity index is 1000. The number of hydrogen-bond acceptors (Lipinski definition) is 5. The van der Waals surface area contributed by atoms with Crippen molar-refractivity contribution in [2.45, 2.75) is 0 Å². The molecule has 1 aliphatic rings. The summed E-state index contributed by atoms with van der Waals surface area (Å²) in [6.07, 6.45) is 3.24. The number of rotatable bonds is 2. The maximum Gasteiger partial charge on any atom is 0.290 e. The molecule has 0 atom stereocenters. The molecule has 2 amide bonds. The SMILES string of the molecule is O=C1NC(=O)C(=Cc2ccc3ncnc(-c4ccccc4)c3c2)S1. The van der Waals surface area contributed by atoms with E-state index in [1.807, 2.05) is 48.5 Å². The summed E-state index contributed by atoms with van der Waals surface area (Å²) < 4.78 is 0. The number of fused-ring (bicyclic) bond motifs is 1. The van der Waals surface area contributed by atoms with Crippen LogP contribution >= 0.6 is 11.8 Å². The predicted molar refractivity (Wildman–Crippen MR) is 94.1 cm³/mol. The third-order valence-electron chi connectivity index (χ3n) is 3.65. The van der Waals surface area contributed by atoms with Crippen molar-refractivity contribution in [2.24, 2.45) is 0 Å². The van der Waals surface area contributed by atoms with Crippen LogP contribution in [0.3, 0.4) is 0 Å². The van der Waals surface area contributed by atoms with E-state index in [-0.39, 0.29) is 11.1 Å². The van der Waals surface area contributed by atoms with Crippen molar-refractivity contribution in [2.75, 3.05) is 0 Å². The first kappa shape index (κ1) is 14.6. The van der Waals surface area contributed by atoms with Gasteiger partial charge in [0, 0.05) is 10.9 Å². The number of nitrogens with one attached hydrogen (secondary N) is 1. The molecule has 2 aromatic carbocycles. The topological polar surface area (TPSA) is 72.0 Å². The molecule has 4 rings (SSSR count). The number of thioether (sulfide) groups is 1. The molecule has 0 saturated carbocycles. The van der Waals surface area contributed by atoms with Crippen LogP contribution in [0.1, 0.15) is 5.56 Å². The number of carbonyl (C=O) groups is 2. The van der Waals surface area contributed by atoms with Crippen LogP contribution in [0.15, 0.2) is 59.8 Å². The standard InChI is InChI=1S/C18H11N3O2S/c22-17-15(24-18(23)21-17)9-11-6-7-14-13(8-11)16(20-10-19-14)12-4-2-1-3-5-12/h1-10H,(H,21,22,23).